The highest BCUT2D eigenvalue weighted by Crippen LogP contribution is 2.32. The minimum absolute atomic E-state index is 0.237. The van der Waals surface area contributed by atoms with E-state index in [0.29, 0.717) is 4.68 Å². The van der Waals surface area contributed by atoms with Gasteiger partial charge in [-0.3, -0.25) is 4.79 Å². The maximum Gasteiger partial charge on any atom is 0.434 e. The van der Waals surface area contributed by atoms with E-state index in [1.165, 1.54) is 18.4 Å². The third kappa shape index (κ3) is 2.06. The Balaban J connectivity index is 2.64. The highest BCUT2D eigenvalue weighted by molar-refractivity contribution is 5.77. The second-order valence-electron chi connectivity index (χ2n) is 3.25. The molecule has 1 heterocycles. The van der Waals surface area contributed by atoms with Crippen LogP contribution in [0.25, 0.3) is 5.69 Å². The molecule has 0 atom stereocenters. The Labute approximate surface area is 94.5 Å². The molecule has 0 aliphatic rings. The average molecular weight is 239 g/mol. The monoisotopic (exact) mass is 239 g/mol. The fourth-order valence-corrected chi connectivity index (χ4v) is 1.46. The van der Waals surface area contributed by atoms with Crippen LogP contribution in [0.2, 0.25) is 0 Å². The predicted octanol–water partition coefficient (Wildman–Crippen LogP) is 2.35. The summed E-state index contributed by atoms with van der Waals surface area (Å²) in [6.45, 7) is 0. The topological polar surface area (TPSA) is 34.9 Å². The summed E-state index contributed by atoms with van der Waals surface area (Å²) in [7, 11) is 0. The van der Waals surface area contributed by atoms with Gasteiger partial charge in [0.25, 0.3) is 0 Å². The molecule has 0 aliphatic carbocycles. The van der Waals surface area contributed by atoms with Crippen molar-refractivity contribution in [3.63, 3.8) is 0 Å². The summed E-state index contributed by atoms with van der Waals surface area (Å²) in [6, 6.07) is 7.78. The number of hydrogen-bond acceptors (Lipinski definition) is 2. The van der Waals surface area contributed by atoms with Gasteiger partial charge in [-0.2, -0.15) is 18.3 Å². The van der Waals surface area contributed by atoms with Crippen LogP contribution in [0.1, 0.15) is 11.3 Å². The van der Waals surface area contributed by atoms with Crippen LogP contribution in [0.15, 0.2) is 36.5 Å². The Kier molecular flexibility index (Phi) is 2.71. The van der Waals surface area contributed by atoms with Crippen LogP contribution in [-0.4, -0.2) is 16.1 Å². The van der Waals surface area contributed by atoms with E-state index in [-0.39, 0.29) is 5.69 Å². The second kappa shape index (κ2) is 4.04. The molecule has 0 N–H and O–H groups in total. The fourth-order valence-electron chi connectivity index (χ4n) is 1.46. The molecule has 0 spiro atoms. The van der Waals surface area contributed by atoms with E-state index < -0.39 is 17.4 Å². The van der Waals surface area contributed by atoms with E-state index in [0.717, 1.165) is 6.20 Å². The van der Waals surface area contributed by atoms with E-state index >= 15 is 0 Å². The molecular weight excluding hydrogens is 233 g/mol. The lowest BCUT2D eigenvalue weighted by Crippen LogP contribution is -2.15. The largest absolute Gasteiger partial charge is 0.434 e. The third-order valence-electron chi connectivity index (χ3n) is 2.15. The van der Waals surface area contributed by atoms with E-state index in [9.17, 15) is 18.0 Å². The van der Waals surface area contributed by atoms with Gasteiger partial charge in [-0.25, -0.2) is 4.68 Å². The molecule has 87 valence electrons. The summed E-state index contributed by atoms with van der Waals surface area (Å²) >= 11 is 0. The number of alkyl halides is 3. The molecule has 1 aromatic carbocycles. The molecule has 0 unspecified atom stereocenters. The number of hydrogen-bond donors (Lipinski definition) is 0. The molecule has 1 radical (unpaired) electrons. The van der Waals surface area contributed by atoms with Gasteiger partial charge in [0.1, 0.15) is 0 Å². The summed E-state index contributed by atoms with van der Waals surface area (Å²) in [4.78, 5) is 10.4. The molecule has 0 amide bonds. The summed E-state index contributed by atoms with van der Waals surface area (Å²) in [5.41, 5.74) is -1.47. The van der Waals surface area contributed by atoms with Gasteiger partial charge in [-0.1, -0.05) is 18.2 Å². The molecule has 0 fully saturated rings. The van der Waals surface area contributed by atoms with E-state index in [4.69, 9.17) is 0 Å². The molecule has 17 heavy (non-hydrogen) atoms. The first-order chi connectivity index (χ1) is 8.04. The second-order valence-corrected chi connectivity index (χ2v) is 3.25. The Morgan fingerprint density at radius 3 is 2.35 bits per heavy atom. The van der Waals surface area contributed by atoms with Gasteiger partial charge in [0.15, 0.2) is 5.69 Å². The van der Waals surface area contributed by atoms with Crippen molar-refractivity contribution in [1.29, 1.82) is 0 Å². The van der Waals surface area contributed by atoms with Crippen molar-refractivity contribution in [3.8, 4) is 5.69 Å². The summed E-state index contributed by atoms with van der Waals surface area (Å²) in [5.74, 6) is 0. The molecule has 0 bridgehead atoms. The molecule has 0 aliphatic heterocycles. The summed E-state index contributed by atoms with van der Waals surface area (Å²) in [6.07, 6.45) is -2.56. The van der Waals surface area contributed by atoms with Gasteiger partial charge in [0.2, 0.25) is 6.29 Å². The van der Waals surface area contributed by atoms with Crippen LogP contribution < -0.4 is 0 Å². The highest BCUT2D eigenvalue weighted by Gasteiger charge is 2.38. The lowest BCUT2D eigenvalue weighted by molar-refractivity contribution is -0.142. The zero-order chi connectivity index (χ0) is 12.5. The molecule has 2 aromatic rings. The van der Waals surface area contributed by atoms with Crippen molar-refractivity contribution < 1.29 is 18.0 Å². The number of para-hydroxylation sites is 1. The average Bonchev–Trinajstić information content (AvgIpc) is 2.73. The first-order valence-corrected chi connectivity index (χ1v) is 4.63. The zero-order valence-corrected chi connectivity index (χ0v) is 8.40. The van der Waals surface area contributed by atoms with Gasteiger partial charge in [-0.15, -0.1) is 0 Å². The first kappa shape index (κ1) is 11.4. The van der Waals surface area contributed by atoms with Crippen molar-refractivity contribution in [3.05, 3.63) is 47.8 Å². The van der Waals surface area contributed by atoms with Gasteiger partial charge in [-0.05, 0) is 12.1 Å². The smallest absolute Gasteiger partial charge is 0.285 e. The molecular formula is C11H6F3N2O. The maximum atomic E-state index is 12.8. The van der Waals surface area contributed by atoms with Crippen molar-refractivity contribution in [2.24, 2.45) is 0 Å². The molecule has 0 saturated carbocycles. The number of carbonyl (C=O) groups excluding carboxylic acids is 1. The fraction of sp³-hybridized carbons (Fsp3) is 0.0909. The highest BCUT2D eigenvalue weighted by atomic mass is 19.4. The van der Waals surface area contributed by atoms with E-state index in [2.05, 4.69) is 5.10 Å². The lowest BCUT2D eigenvalue weighted by Gasteiger charge is -2.10. The van der Waals surface area contributed by atoms with Gasteiger partial charge >= 0.3 is 6.18 Å². The summed E-state index contributed by atoms with van der Waals surface area (Å²) < 4.78 is 39.0. The Hall–Kier alpha value is -2.11. The summed E-state index contributed by atoms with van der Waals surface area (Å²) in [5, 5.41) is 3.56. The number of nitrogens with zero attached hydrogens (tertiary/aromatic N) is 2. The number of aromatic nitrogens is 2. The van der Waals surface area contributed by atoms with Crippen LogP contribution in [-0.2, 0) is 11.0 Å². The molecule has 2 rings (SSSR count). The standard InChI is InChI=1S/C11H6F3N2O/c12-11(13,14)10-8(7-17)6-15-16(10)9-4-2-1-3-5-9/h1-6H. The third-order valence-corrected chi connectivity index (χ3v) is 2.15. The number of halogens is 3. The van der Waals surface area contributed by atoms with Crippen molar-refractivity contribution >= 4 is 6.29 Å². The van der Waals surface area contributed by atoms with Gasteiger partial charge in [0, 0.05) is 0 Å². The van der Waals surface area contributed by atoms with Gasteiger partial charge in [0.05, 0.1) is 17.4 Å². The molecule has 6 heteroatoms. The normalized spacial score (nSPS) is 11.5. The van der Waals surface area contributed by atoms with E-state index in [1.807, 2.05) is 0 Å². The predicted molar refractivity (Wildman–Crippen MR) is 53.4 cm³/mol. The lowest BCUT2D eigenvalue weighted by atomic mass is 10.2. The maximum absolute atomic E-state index is 12.8. The first-order valence-electron chi connectivity index (χ1n) is 4.63. The van der Waals surface area contributed by atoms with Crippen molar-refractivity contribution in [2.45, 2.75) is 6.18 Å². The molecule has 3 nitrogen and oxygen atoms in total. The van der Waals surface area contributed by atoms with Crippen LogP contribution >= 0.6 is 0 Å². The van der Waals surface area contributed by atoms with Crippen molar-refractivity contribution in [2.75, 3.05) is 0 Å². The zero-order valence-electron chi connectivity index (χ0n) is 8.40. The number of benzene rings is 1. The SMILES string of the molecule is O=[C]c1cnn(-c2ccccc2)c1C(F)(F)F. The van der Waals surface area contributed by atoms with E-state index in [1.54, 1.807) is 18.2 Å². The Bertz CT molecular complexity index is 531. The minimum Gasteiger partial charge on any atom is -0.285 e. The Morgan fingerprint density at radius 1 is 1.18 bits per heavy atom. The van der Waals surface area contributed by atoms with Crippen LogP contribution in [0.4, 0.5) is 13.2 Å². The van der Waals surface area contributed by atoms with Gasteiger partial charge < -0.3 is 0 Å². The number of rotatable bonds is 2. The molecule has 0 saturated heterocycles. The van der Waals surface area contributed by atoms with Crippen LogP contribution in [0, 0.1) is 0 Å². The van der Waals surface area contributed by atoms with Crippen LogP contribution in [0.5, 0.6) is 0 Å². The molecule has 1 aromatic heterocycles. The van der Waals surface area contributed by atoms with Crippen molar-refractivity contribution in [1.82, 2.24) is 9.78 Å². The van der Waals surface area contributed by atoms with Crippen LogP contribution in [0.3, 0.4) is 0 Å². The Morgan fingerprint density at radius 2 is 1.82 bits per heavy atom. The quantitative estimate of drug-likeness (QED) is 0.806. The minimum atomic E-state index is -4.65.